The van der Waals surface area contributed by atoms with Crippen LogP contribution in [-0.4, -0.2) is 37.0 Å². The van der Waals surface area contributed by atoms with Crippen LogP contribution in [0.5, 0.6) is 5.75 Å². The van der Waals surface area contributed by atoms with Crippen molar-refractivity contribution < 1.29 is 35.8 Å². The molecule has 0 fully saturated rings. The molecule has 3 aromatic rings. The van der Waals surface area contributed by atoms with Gasteiger partial charge < -0.3 is 10.4 Å². The van der Waals surface area contributed by atoms with Gasteiger partial charge in [-0.05, 0) is 41.8 Å². The summed E-state index contributed by atoms with van der Waals surface area (Å²) in [6.07, 6.45) is 0. The van der Waals surface area contributed by atoms with E-state index in [4.69, 9.17) is 23.2 Å². The first-order chi connectivity index (χ1) is 13.8. The number of carbonyl (C=O) groups excluding carboxylic acids is 1. The Labute approximate surface area is 180 Å². The molecule has 1 amide bonds. The maximum Gasteiger partial charge on any atom is 0.294 e. The van der Waals surface area contributed by atoms with Gasteiger partial charge in [0.1, 0.15) is 5.75 Å². The Bertz CT molecular complexity index is 1410. The lowest BCUT2D eigenvalue weighted by atomic mass is 10.1. The minimum absolute atomic E-state index is 0.0452. The molecule has 9 nitrogen and oxygen atoms in total. The van der Waals surface area contributed by atoms with Crippen LogP contribution in [0, 0.1) is 0 Å². The molecule has 0 bridgehead atoms. The highest BCUT2D eigenvalue weighted by Crippen LogP contribution is 2.37. The summed E-state index contributed by atoms with van der Waals surface area (Å²) in [5.74, 6) is -1.44. The van der Waals surface area contributed by atoms with E-state index in [1.165, 1.54) is 18.2 Å². The first kappa shape index (κ1) is 22.3. The van der Waals surface area contributed by atoms with Crippen molar-refractivity contribution in [2.75, 3.05) is 5.32 Å². The number of benzene rings is 3. The van der Waals surface area contributed by atoms with Gasteiger partial charge in [0.25, 0.3) is 26.1 Å². The Morgan fingerprint density at radius 1 is 0.833 bits per heavy atom. The van der Waals surface area contributed by atoms with Crippen molar-refractivity contribution in [3.8, 4) is 5.75 Å². The second-order valence-corrected chi connectivity index (χ2v) is 9.70. The van der Waals surface area contributed by atoms with Crippen LogP contribution in [0.4, 0.5) is 5.69 Å². The molecule has 0 atom stereocenters. The highest BCUT2D eigenvalue weighted by Gasteiger charge is 2.21. The second kappa shape index (κ2) is 7.69. The molecule has 0 aliphatic carbocycles. The Morgan fingerprint density at radius 3 is 1.93 bits per heavy atom. The van der Waals surface area contributed by atoms with Crippen LogP contribution in [0.25, 0.3) is 10.8 Å². The van der Waals surface area contributed by atoms with E-state index >= 15 is 0 Å². The third-order valence-corrected chi connectivity index (χ3v) is 6.40. The lowest BCUT2D eigenvalue weighted by Crippen LogP contribution is -2.13. The van der Waals surface area contributed by atoms with Crippen molar-refractivity contribution in [1.29, 1.82) is 0 Å². The number of phenols is 1. The van der Waals surface area contributed by atoms with Crippen LogP contribution in [0.15, 0.2) is 52.3 Å². The maximum atomic E-state index is 12.6. The molecule has 0 unspecified atom stereocenters. The van der Waals surface area contributed by atoms with E-state index in [-0.39, 0.29) is 32.1 Å². The number of aromatic hydroxyl groups is 1. The fourth-order valence-corrected chi connectivity index (χ4v) is 4.04. The lowest BCUT2D eigenvalue weighted by Gasteiger charge is -2.13. The monoisotopic (exact) mass is 491 g/mol. The fraction of sp³-hybridized carbons (Fsp3) is 0. The van der Waals surface area contributed by atoms with Crippen LogP contribution in [0.1, 0.15) is 10.4 Å². The van der Waals surface area contributed by atoms with E-state index in [9.17, 15) is 35.8 Å². The molecule has 0 radical (unpaired) electrons. The number of halogens is 2. The molecule has 3 aromatic carbocycles. The summed E-state index contributed by atoms with van der Waals surface area (Å²) in [4.78, 5) is 11.2. The standard InChI is InChI=1S/C17H11Cl2NO8S2/c18-12-2-1-8(5-13(12)19)17(22)20-14-6-10(29(23,24)25)3-9-4-11(30(26,27)28)7-15(21)16(9)14/h1-7,21H,(H,20,22)(H,23,24,25)(H,26,27,28). The molecule has 0 saturated heterocycles. The van der Waals surface area contributed by atoms with E-state index in [2.05, 4.69) is 5.32 Å². The second-order valence-electron chi connectivity index (χ2n) is 6.04. The predicted molar refractivity (Wildman–Crippen MR) is 110 cm³/mol. The van der Waals surface area contributed by atoms with Crippen molar-refractivity contribution in [2.24, 2.45) is 0 Å². The molecule has 0 aliphatic rings. The molecule has 0 spiro atoms. The molecule has 158 valence electrons. The third-order valence-electron chi connectivity index (χ3n) is 4.00. The minimum atomic E-state index is -4.77. The number of phenolic OH excluding ortho intramolecular Hbond substituents is 1. The fourth-order valence-electron chi connectivity index (χ4n) is 2.67. The number of hydrogen-bond donors (Lipinski definition) is 4. The van der Waals surface area contributed by atoms with Crippen LogP contribution in [-0.2, 0) is 20.2 Å². The Balaban J connectivity index is 2.23. The highest BCUT2D eigenvalue weighted by atomic mass is 35.5. The summed E-state index contributed by atoms with van der Waals surface area (Å²) in [6.45, 7) is 0. The predicted octanol–water partition coefficient (Wildman–Crippen LogP) is 3.60. The highest BCUT2D eigenvalue weighted by molar-refractivity contribution is 7.86. The van der Waals surface area contributed by atoms with Gasteiger partial charge in [-0.1, -0.05) is 23.2 Å². The molecular formula is C17H11Cl2NO8S2. The number of anilines is 1. The minimum Gasteiger partial charge on any atom is -0.507 e. The molecule has 13 heteroatoms. The number of carbonyl (C=O) groups is 1. The Morgan fingerprint density at radius 2 is 1.40 bits per heavy atom. The summed E-state index contributed by atoms with van der Waals surface area (Å²) in [6, 6.07) is 7.29. The third kappa shape index (κ3) is 4.51. The number of amides is 1. The van der Waals surface area contributed by atoms with Crippen LogP contribution < -0.4 is 5.32 Å². The normalized spacial score (nSPS) is 12.1. The van der Waals surface area contributed by atoms with E-state index in [0.29, 0.717) is 0 Å². The maximum absolute atomic E-state index is 12.6. The lowest BCUT2D eigenvalue weighted by molar-refractivity contribution is 0.102. The molecule has 0 aromatic heterocycles. The number of nitrogens with one attached hydrogen (secondary N) is 1. The summed E-state index contributed by atoms with van der Waals surface area (Å²) in [7, 11) is -9.51. The summed E-state index contributed by atoms with van der Waals surface area (Å²) in [5, 5.41) is 12.6. The largest absolute Gasteiger partial charge is 0.507 e. The van der Waals surface area contributed by atoms with Crippen molar-refractivity contribution in [3.05, 3.63) is 58.1 Å². The topological polar surface area (TPSA) is 158 Å². The molecule has 3 rings (SSSR count). The van der Waals surface area contributed by atoms with Gasteiger partial charge in [-0.3, -0.25) is 13.9 Å². The van der Waals surface area contributed by atoms with Crippen molar-refractivity contribution in [1.82, 2.24) is 0 Å². The van der Waals surface area contributed by atoms with E-state index in [0.717, 1.165) is 24.3 Å². The van der Waals surface area contributed by atoms with Crippen LogP contribution in [0.3, 0.4) is 0 Å². The van der Waals surface area contributed by atoms with Crippen LogP contribution in [0.2, 0.25) is 10.0 Å². The zero-order chi connectivity index (χ0) is 22.4. The van der Waals surface area contributed by atoms with Crippen LogP contribution >= 0.6 is 23.2 Å². The quantitative estimate of drug-likeness (QED) is 0.402. The van der Waals surface area contributed by atoms with Gasteiger partial charge in [-0.25, -0.2) is 0 Å². The first-order valence-corrected chi connectivity index (χ1v) is 11.4. The van der Waals surface area contributed by atoms with Gasteiger partial charge in [-0.15, -0.1) is 0 Å². The smallest absolute Gasteiger partial charge is 0.294 e. The number of hydrogen-bond acceptors (Lipinski definition) is 6. The number of rotatable bonds is 4. The summed E-state index contributed by atoms with van der Waals surface area (Å²) >= 11 is 11.7. The summed E-state index contributed by atoms with van der Waals surface area (Å²) in [5.41, 5.74) is -0.209. The zero-order valence-electron chi connectivity index (χ0n) is 14.5. The SMILES string of the molecule is O=C(Nc1cc(S(=O)(=O)O)cc2cc(S(=O)(=O)O)cc(O)c12)c1ccc(Cl)c(Cl)c1. The average Bonchev–Trinajstić information content (AvgIpc) is 2.61. The van der Waals surface area contributed by atoms with Gasteiger partial charge in [-0.2, -0.15) is 16.8 Å². The average molecular weight is 492 g/mol. The van der Waals surface area contributed by atoms with Gasteiger partial charge in [0.15, 0.2) is 0 Å². The Hall–Kier alpha value is -2.41. The van der Waals surface area contributed by atoms with Gasteiger partial charge >= 0.3 is 0 Å². The van der Waals surface area contributed by atoms with Gasteiger partial charge in [0.05, 0.1) is 25.5 Å². The van der Waals surface area contributed by atoms with E-state index in [1.54, 1.807) is 0 Å². The zero-order valence-corrected chi connectivity index (χ0v) is 17.6. The molecule has 0 saturated carbocycles. The van der Waals surface area contributed by atoms with Crippen molar-refractivity contribution in [2.45, 2.75) is 9.79 Å². The number of fused-ring (bicyclic) bond motifs is 1. The van der Waals surface area contributed by atoms with Gasteiger partial charge in [0.2, 0.25) is 0 Å². The molecule has 0 heterocycles. The van der Waals surface area contributed by atoms with Crippen molar-refractivity contribution in [3.63, 3.8) is 0 Å². The molecule has 30 heavy (non-hydrogen) atoms. The molecule has 4 N–H and O–H groups in total. The molecular weight excluding hydrogens is 481 g/mol. The van der Waals surface area contributed by atoms with E-state index in [1.807, 2.05) is 0 Å². The van der Waals surface area contributed by atoms with Gasteiger partial charge in [0, 0.05) is 17.0 Å². The van der Waals surface area contributed by atoms with Crippen molar-refractivity contribution >= 4 is 65.8 Å². The Kier molecular flexibility index (Phi) is 5.71. The first-order valence-electron chi connectivity index (χ1n) is 7.79. The molecule has 0 aliphatic heterocycles. The summed E-state index contributed by atoms with van der Waals surface area (Å²) < 4.78 is 64.6. The van der Waals surface area contributed by atoms with E-state index < -0.39 is 41.7 Å².